The fourth-order valence-electron chi connectivity index (χ4n) is 6.77. The molecule has 0 aromatic heterocycles. The van der Waals surface area contributed by atoms with E-state index in [1.165, 1.54) is 25.7 Å². The molecule has 6 atom stereocenters. The van der Waals surface area contributed by atoms with Gasteiger partial charge in [-0.25, -0.2) is 0 Å². The second kappa shape index (κ2) is 6.55. The van der Waals surface area contributed by atoms with Crippen molar-refractivity contribution in [2.75, 3.05) is 7.05 Å². The molecule has 1 aromatic carbocycles. The lowest BCUT2D eigenvalue weighted by atomic mass is 9.47. The Labute approximate surface area is 159 Å². The molecule has 0 spiro atoms. The van der Waals surface area contributed by atoms with Gasteiger partial charge in [0, 0.05) is 23.4 Å². The average molecular weight is 364 g/mol. The first-order valence-corrected chi connectivity index (χ1v) is 9.97. The van der Waals surface area contributed by atoms with Gasteiger partial charge in [-0.2, -0.15) is 0 Å². The molecule has 25 heavy (non-hydrogen) atoms. The van der Waals surface area contributed by atoms with Gasteiger partial charge in [0.15, 0.2) is 0 Å². The number of benzene rings is 1. The van der Waals surface area contributed by atoms with Gasteiger partial charge in [-0.15, -0.1) is 12.4 Å². The molecule has 4 aliphatic rings. The van der Waals surface area contributed by atoms with Crippen molar-refractivity contribution < 1.29 is 5.11 Å². The Kier molecular flexibility index (Phi) is 5.03. The Bertz CT molecular complexity index is 630. The maximum Gasteiger partial charge on any atom is 0.0662 e. The van der Waals surface area contributed by atoms with Crippen molar-refractivity contribution in [2.45, 2.75) is 82.4 Å². The first-order chi connectivity index (χ1) is 11.4. The molecule has 3 heteroatoms. The Morgan fingerprint density at radius 1 is 1.24 bits per heavy atom. The molecular formula is C22H34ClNO. The summed E-state index contributed by atoms with van der Waals surface area (Å²) in [6.07, 6.45) is 6.85. The van der Waals surface area contributed by atoms with Gasteiger partial charge in [0.05, 0.1) is 5.60 Å². The van der Waals surface area contributed by atoms with Crippen LogP contribution in [0.15, 0.2) is 24.3 Å². The molecule has 1 aromatic rings. The zero-order chi connectivity index (χ0) is 17.1. The van der Waals surface area contributed by atoms with Crippen LogP contribution in [0.2, 0.25) is 0 Å². The van der Waals surface area contributed by atoms with Crippen molar-refractivity contribution in [3.05, 3.63) is 35.4 Å². The summed E-state index contributed by atoms with van der Waals surface area (Å²) in [6.45, 7) is 6.68. The third-order valence-corrected chi connectivity index (χ3v) is 7.93. The summed E-state index contributed by atoms with van der Waals surface area (Å²) in [7, 11) is 2.32. The van der Waals surface area contributed by atoms with Crippen molar-refractivity contribution in [1.82, 2.24) is 4.90 Å². The number of piperidine rings is 2. The van der Waals surface area contributed by atoms with Crippen LogP contribution in [0.3, 0.4) is 0 Å². The lowest BCUT2D eigenvalue weighted by molar-refractivity contribution is -0.155. The highest BCUT2D eigenvalue weighted by atomic mass is 35.5. The zero-order valence-electron chi connectivity index (χ0n) is 16.2. The van der Waals surface area contributed by atoms with Gasteiger partial charge in [-0.3, -0.25) is 4.90 Å². The smallest absolute Gasteiger partial charge is 0.0662 e. The number of aliphatic hydroxyl groups is 1. The summed E-state index contributed by atoms with van der Waals surface area (Å²) in [5, 5.41) is 11.2. The monoisotopic (exact) mass is 363 g/mol. The number of hydrogen-bond donors (Lipinski definition) is 1. The third kappa shape index (κ3) is 2.59. The van der Waals surface area contributed by atoms with Crippen LogP contribution in [-0.2, 0) is 11.8 Å². The third-order valence-electron chi connectivity index (χ3n) is 7.93. The fourth-order valence-corrected chi connectivity index (χ4v) is 6.77. The predicted octanol–water partition coefficient (Wildman–Crippen LogP) is 4.57. The summed E-state index contributed by atoms with van der Waals surface area (Å²) < 4.78 is 0. The molecule has 140 valence electrons. The second-order valence-electron chi connectivity index (χ2n) is 8.93. The average Bonchev–Trinajstić information content (AvgIpc) is 2.58. The molecule has 4 bridgehead atoms. The number of halogens is 1. The van der Waals surface area contributed by atoms with Crippen LogP contribution in [0.5, 0.6) is 0 Å². The predicted molar refractivity (Wildman–Crippen MR) is 106 cm³/mol. The van der Waals surface area contributed by atoms with E-state index in [9.17, 15) is 5.11 Å². The molecule has 5 rings (SSSR count). The molecular weight excluding hydrogens is 330 g/mol. The molecule has 2 aliphatic carbocycles. The normalized spacial score (nSPS) is 38.6. The molecule has 1 N–H and O–H groups in total. The number of likely N-dealkylation sites (N-methyl/N-ethyl adjacent to an activating group) is 1. The van der Waals surface area contributed by atoms with E-state index >= 15 is 0 Å². The lowest BCUT2D eigenvalue weighted by Gasteiger charge is -2.67. The number of nitrogens with zero attached hydrogens (tertiary/aromatic N) is 1. The first kappa shape index (κ1) is 19.2. The van der Waals surface area contributed by atoms with E-state index < -0.39 is 5.60 Å². The molecule has 0 amide bonds. The maximum absolute atomic E-state index is 11.2. The Morgan fingerprint density at radius 3 is 2.64 bits per heavy atom. The summed E-state index contributed by atoms with van der Waals surface area (Å²) >= 11 is 0. The van der Waals surface area contributed by atoms with Gasteiger partial charge in [-0.1, -0.05) is 44.5 Å². The highest BCUT2D eigenvalue weighted by molar-refractivity contribution is 5.85. The molecule has 2 heterocycles. The molecule has 2 nitrogen and oxygen atoms in total. The van der Waals surface area contributed by atoms with E-state index in [2.05, 4.69) is 57.0 Å². The van der Waals surface area contributed by atoms with E-state index in [1.54, 1.807) is 11.1 Å². The van der Waals surface area contributed by atoms with Gasteiger partial charge in [-0.05, 0) is 63.1 Å². The largest absolute Gasteiger partial charge is 0.390 e. The van der Waals surface area contributed by atoms with E-state index in [0.29, 0.717) is 29.3 Å². The zero-order valence-corrected chi connectivity index (χ0v) is 17.0. The quantitative estimate of drug-likeness (QED) is 0.846. The Morgan fingerprint density at radius 2 is 1.96 bits per heavy atom. The molecule has 4 unspecified atom stereocenters. The van der Waals surface area contributed by atoms with Crippen LogP contribution in [0, 0.1) is 11.8 Å². The van der Waals surface area contributed by atoms with Crippen LogP contribution in [0.4, 0.5) is 0 Å². The SMILES string of the molecule is CCCC(C)(O)[C@@H]1CC2C3Cc4ccccc4[C@@]2(CC)CC1N3C.Cl. The van der Waals surface area contributed by atoms with Gasteiger partial charge in [0.2, 0.25) is 0 Å². The van der Waals surface area contributed by atoms with Crippen LogP contribution >= 0.6 is 12.4 Å². The van der Waals surface area contributed by atoms with Crippen LogP contribution < -0.4 is 0 Å². The van der Waals surface area contributed by atoms with Gasteiger partial charge >= 0.3 is 0 Å². The number of fused-ring (bicyclic) bond motifs is 2. The van der Waals surface area contributed by atoms with Crippen LogP contribution in [0.1, 0.15) is 64.0 Å². The standard InChI is InChI=1S/C22H33NO.ClH/c1-5-11-21(3,24)17-13-18-19-12-15-9-7-8-10-16(15)22(18,6-2)14-20(17)23(19)4;/h7-10,17-20,24H,5-6,11-14H2,1-4H3;1H/t17-,18?,19?,20?,21?,22-;/m1./s1. The first-order valence-electron chi connectivity index (χ1n) is 9.97. The van der Waals surface area contributed by atoms with Crippen molar-refractivity contribution in [3.8, 4) is 0 Å². The summed E-state index contributed by atoms with van der Waals surface area (Å²) in [4.78, 5) is 2.65. The van der Waals surface area contributed by atoms with E-state index in [-0.39, 0.29) is 12.4 Å². The van der Waals surface area contributed by atoms with Gasteiger partial charge in [0.1, 0.15) is 0 Å². The fraction of sp³-hybridized carbons (Fsp3) is 0.727. The Hall–Kier alpha value is -0.570. The maximum atomic E-state index is 11.2. The highest BCUT2D eigenvalue weighted by Gasteiger charge is 2.62. The van der Waals surface area contributed by atoms with Crippen LogP contribution in [0.25, 0.3) is 0 Å². The minimum Gasteiger partial charge on any atom is -0.390 e. The van der Waals surface area contributed by atoms with E-state index in [1.807, 2.05) is 0 Å². The molecule has 3 fully saturated rings. The lowest BCUT2D eigenvalue weighted by Crippen LogP contribution is -2.70. The second-order valence-corrected chi connectivity index (χ2v) is 8.93. The molecule has 2 aliphatic heterocycles. The van der Waals surface area contributed by atoms with Gasteiger partial charge in [0.25, 0.3) is 0 Å². The van der Waals surface area contributed by atoms with Crippen molar-refractivity contribution in [1.29, 1.82) is 0 Å². The summed E-state index contributed by atoms with van der Waals surface area (Å²) in [6, 6.07) is 10.4. The van der Waals surface area contributed by atoms with Crippen LogP contribution in [-0.4, -0.2) is 34.7 Å². The minimum absolute atomic E-state index is 0. The van der Waals surface area contributed by atoms with Crippen molar-refractivity contribution >= 4 is 12.4 Å². The van der Waals surface area contributed by atoms with E-state index in [4.69, 9.17) is 0 Å². The Balaban J connectivity index is 0.00000182. The number of rotatable bonds is 4. The number of hydrogen-bond acceptors (Lipinski definition) is 2. The molecule has 0 radical (unpaired) electrons. The summed E-state index contributed by atoms with van der Waals surface area (Å²) in [5.74, 6) is 1.12. The van der Waals surface area contributed by atoms with Crippen molar-refractivity contribution in [3.63, 3.8) is 0 Å². The minimum atomic E-state index is -0.518. The van der Waals surface area contributed by atoms with Gasteiger partial charge < -0.3 is 5.11 Å². The van der Waals surface area contributed by atoms with Crippen molar-refractivity contribution in [2.24, 2.45) is 11.8 Å². The highest BCUT2D eigenvalue weighted by Crippen LogP contribution is 2.61. The molecule has 2 saturated heterocycles. The molecule has 1 saturated carbocycles. The summed E-state index contributed by atoms with van der Waals surface area (Å²) in [5.41, 5.74) is 3.02. The topological polar surface area (TPSA) is 23.5 Å². The van der Waals surface area contributed by atoms with E-state index in [0.717, 1.165) is 12.8 Å².